The number of methoxy groups -OCH3 is 2. The molecule has 0 saturated carbocycles. The molecule has 0 aromatic heterocycles. The normalized spacial score (nSPS) is 49.0. The van der Waals surface area contributed by atoms with Gasteiger partial charge in [0.1, 0.15) is 30.0 Å². The topological polar surface area (TPSA) is 204 Å². The zero-order chi connectivity index (χ0) is 39.5. The van der Waals surface area contributed by atoms with E-state index in [0.717, 1.165) is 0 Å². The third kappa shape index (κ3) is 9.65. The summed E-state index contributed by atoms with van der Waals surface area (Å²) in [4.78, 5) is 27.9. The Kier molecular flexibility index (Phi) is 15.5. The van der Waals surface area contributed by atoms with E-state index in [0.29, 0.717) is 6.42 Å². The molecule has 52 heavy (non-hydrogen) atoms. The fourth-order valence-corrected chi connectivity index (χ4v) is 8.22. The summed E-state index contributed by atoms with van der Waals surface area (Å²) in [5, 5.41) is 51.2. The van der Waals surface area contributed by atoms with Crippen LogP contribution in [0.5, 0.6) is 0 Å². The van der Waals surface area contributed by atoms with Crippen LogP contribution < -0.4 is 10.6 Å². The Morgan fingerprint density at radius 3 is 2.08 bits per heavy atom. The molecule has 304 valence electrons. The lowest BCUT2D eigenvalue weighted by atomic mass is 9.77. The number of carbonyl (C=O) groups is 2. The number of nitrogens with one attached hydrogen (secondary N) is 2. The lowest BCUT2D eigenvalue weighted by Crippen LogP contribution is -2.61. The van der Waals surface area contributed by atoms with Gasteiger partial charge in [-0.15, -0.1) is 0 Å². The van der Waals surface area contributed by atoms with Crippen molar-refractivity contribution in [3.8, 4) is 0 Å². The highest BCUT2D eigenvalue weighted by Crippen LogP contribution is 2.40. The van der Waals surface area contributed by atoms with E-state index in [1.54, 1.807) is 55.5 Å². The van der Waals surface area contributed by atoms with Crippen LogP contribution in [0, 0.1) is 17.8 Å². The number of hydrogen-bond acceptors (Lipinski definition) is 14. The quantitative estimate of drug-likeness (QED) is 0.194. The minimum absolute atomic E-state index is 0.103. The SMILES string of the molecule is CC[C@H]1OC(=O)[C@H](C)[C@@H](OC2C[C@@](C)(OC)[C@@H](O)[C@H](C)O2)[C@H](C)[C@@H](O[C@@H]2O[C@H](C)C[C@H](NC)[C@H]2O)[C@](C)(OC)C[C@@H](C)C(=O)N[C@H](C)[C@@H](O)[C@]1(C)O. The molecule has 15 nitrogen and oxygen atoms in total. The molecule has 3 heterocycles. The first-order valence-corrected chi connectivity index (χ1v) is 18.8. The summed E-state index contributed by atoms with van der Waals surface area (Å²) < 4.78 is 43.7. The van der Waals surface area contributed by atoms with Gasteiger partial charge >= 0.3 is 5.97 Å². The molecular weight excluding hydrogens is 680 g/mol. The molecule has 15 heteroatoms. The van der Waals surface area contributed by atoms with Gasteiger partial charge in [0.2, 0.25) is 5.91 Å². The fourth-order valence-electron chi connectivity index (χ4n) is 8.22. The van der Waals surface area contributed by atoms with E-state index in [4.69, 9.17) is 33.2 Å². The molecule has 0 aliphatic carbocycles. The molecule has 3 saturated heterocycles. The smallest absolute Gasteiger partial charge is 0.311 e. The largest absolute Gasteiger partial charge is 0.459 e. The van der Waals surface area contributed by atoms with Crippen LogP contribution >= 0.6 is 0 Å². The lowest BCUT2D eigenvalue weighted by Gasteiger charge is -2.49. The van der Waals surface area contributed by atoms with Crippen LogP contribution in [-0.2, 0) is 42.7 Å². The van der Waals surface area contributed by atoms with E-state index in [1.807, 2.05) is 13.8 Å². The predicted octanol–water partition coefficient (Wildman–Crippen LogP) is 1.40. The number of ether oxygens (including phenoxy) is 7. The fraction of sp³-hybridized carbons (Fsp3) is 0.946. The molecule has 6 N–H and O–H groups in total. The average Bonchev–Trinajstić information content (AvgIpc) is 3.09. The van der Waals surface area contributed by atoms with Crippen molar-refractivity contribution in [2.45, 2.75) is 185 Å². The third-order valence-corrected chi connectivity index (χ3v) is 11.9. The van der Waals surface area contributed by atoms with Crippen LogP contribution in [0.15, 0.2) is 0 Å². The first kappa shape index (κ1) is 44.9. The molecule has 3 aliphatic heterocycles. The van der Waals surface area contributed by atoms with E-state index in [2.05, 4.69) is 10.6 Å². The van der Waals surface area contributed by atoms with Crippen LogP contribution in [0.2, 0.25) is 0 Å². The number of likely N-dealkylation sites (N-methyl/N-ethyl adjacent to an activating group) is 1. The Morgan fingerprint density at radius 1 is 0.904 bits per heavy atom. The molecule has 18 atom stereocenters. The summed E-state index contributed by atoms with van der Waals surface area (Å²) in [6, 6.07) is -1.26. The molecule has 0 aromatic carbocycles. The highest BCUT2D eigenvalue weighted by Gasteiger charge is 2.53. The summed E-state index contributed by atoms with van der Waals surface area (Å²) in [6.45, 7) is 17.0. The molecule has 3 rings (SSSR count). The number of esters is 1. The highest BCUT2D eigenvalue weighted by molar-refractivity contribution is 5.78. The number of rotatable bonds is 8. The van der Waals surface area contributed by atoms with E-state index in [1.165, 1.54) is 21.1 Å². The monoisotopic (exact) mass is 748 g/mol. The van der Waals surface area contributed by atoms with Gasteiger partial charge in [0.05, 0.1) is 47.6 Å². The molecule has 3 aliphatic rings. The van der Waals surface area contributed by atoms with Crippen molar-refractivity contribution in [3.05, 3.63) is 0 Å². The molecular formula is C37H68N2O13. The van der Waals surface area contributed by atoms with Crippen LogP contribution in [0.3, 0.4) is 0 Å². The van der Waals surface area contributed by atoms with Crippen molar-refractivity contribution < 1.29 is 63.2 Å². The summed E-state index contributed by atoms with van der Waals surface area (Å²) >= 11 is 0. The Morgan fingerprint density at radius 2 is 1.52 bits per heavy atom. The summed E-state index contributed by atoms with van der Waals surface area (Å²) in [6.07, 6.45) is -8.81. The van der Waals surface area contributed by atoms with Crippen LogP contribution in [0.1, 0.15) is 94.9 Å². The van der Waals surface area contributed by atoms with Crippen molar-refractivity contribution in [1.29, 1.82) is 0 Å². The van der Waals surface area contributed by atoms with Gasteiger partial charge < -0.3 is 64.2 Å². The van der Waals surface area contributed by atoms with Crippen LogP contribution in [0.25, 0.3) is 0 Å². The maximum atomic E-state index is 14.2. The maximum absolute atomic E-state index is 14.2. The van der Waals surface area contributed by atoms with Gasteiger partial charge in [-0.05, 0) is 74.8 Å². The van der Waals surface area contributed by atoms with Crippen molar-refractivity contribution in [2.75, 3.05) is 21.3 Å². The minimum atomic E-state index is -1.94. The molecule has 0 aromatic rings. The van der Waals surface area contributed by atoms with Gasteiger partial charge in [-0.1, -0.05) is 20.8 Å². The number of aliphatic hydroxyl groups excluding tert-OH is 3. The lowest BCUT2D eigenvalue weighted by molar-refractivity contribution is -0.317. The molecule has 3 fully saturated rings. The second-order valence-corrected chi connectivity index (χ2v) is 16.1. The van der Waals surface area contributed by atoms with Gasteiger partial charge in [0.15, 0.2) is 12.6 Å². The Bertz CT molecular complexity index is 1180. The second kappa shape index (κ2) is 18.0. The zero-order valence-corrected chi connectivity index (χ0v) is 33.5. The van der Waals surface area contributed by atoms with Crippen molar-refractivity contribution in [1.82, 2.24) is 10.6 Å². The van der Waals surface area contributed by atoms with Gasteiger partial charge in [0.25, 0.3) is 0 Å². The Hall–Kier alpha value is -1.50. The van der Waals surface area contributed by atoms with E-state index < -0.39 is 108 Å². The number of carbonyl (C=O) groups excluding carboxylic acids is 2. The summed E-state index contributed by atoms with van der Waals surface area (Å²) in [7, 11) is 4.75. The van der Waals surface area contributed by atoms with Crippen molar-refractivity contribution in [3.63, 3.8) is 0 Å². The summed E-state index contributed by atoms with van der Waals surface area (Å²) in [5.41, 5.74) is -4.23. The number of amides is 1. The summed E-state index contributed by atoms with van der Waals surface area (Å²) in [5.74, 6) is -3.58. The second-order valence-electron chi connectivity index (χ2n) is 16.1. The molecule has 1 unspecified atom stereocenters. The molecule has 0 spiro atoms. The van der Waals surface area contributed by atoms with E-state index in [9.17, 15) is 30.0 Å². The third-order valence-electron chi connectivity index (χ3n) is 11.9. The van der Waals surface area contributed by atoms with Crippen LogP contribution in [0.4, 0.5) is 0 Å². The molecule has 0 bridgehead atoms. The number of cyclic esters (lactones) is 1. The molecule has 1 amide bonds. The Balaban J connectivity index is 2.21. The zero-order valence-electron chi connectivity index (χ0n) is 33.5. The highest BCUT2D eigenvalue weighted by atomic mass is 16.7. The van der Waals surface area contributed by atoms with Gasteiger partial charge in [-0.2, -0.15) is 0 Å². The van der Waals surface area contributed by atoms with Crippen LogP contribution in [-0.4, -0.2) is 144 Å². The standard InChI is InChI=1S/C37H68N2O13/c1-14-25-37(10,45)29(41)22(6)39-32(43)18(2)16-36(9,47-13)31(52-34-27(40)24(38-11)15-19(3)48-34)20(4)28(21(5)33(44)50-25)51-26-17-35(8,46-12)30(42)23(7)49-26/h18-31,34,38,40-42,45H,14-17H2,1-13H3,(H,39,43)/t18-,19-,20+,21-,22-,23+,24+,25-,26?,27-,28+,29-,30+,31-,34+,35-,36-,37-/m1/s1. The number of hydrogen-bond donors (Lipinski definition) is 6. The van der Waals surface area contributed by atoms with E-state index in [-0.39, 0.29) is 31.4 Å². The Labute approximate surface area is 309 Å². The maximum Gasteiger partial charge on any atom is 0.311 e. The molecule has 0 radical (unpaired) electrons. The van der Waals surface area contributed by atoms with Gasteiger partial charge in [0, 0.05) is 38.5 Å². The first-order chi connectivity index (χ1) is 24.1. The average molecular weight is 749 g/mol. The first-order valence-electron chi connectivity index (χ1n) is 18.8. The van der Waals surface area contributed by atoms with Gasteiger partial charge in [-0.3, -0.25) is 9.59 Å². The van der Waals surface area contributed by atoms with Crippen molar-refractivity contribution >= 4 is 11.9 Å². The minimum Gasteiger partial charge on any atom is -0.459 e. The van der Waals surface area contributed by atoms with Crippen molar-refractivity contribution in [2.24, 2.45) is 17.8 Å². The van der Waals surface area contributed by atoms with Gasteiger partial charge in [-0.25, -0.2) is 0 Å². The van der Waals surface area contributed by atoms with E-state index >= 15 is 0 Å². The predicted molar refractivity (Wildman–Crippen MR) is 190 cm³/mol. The number of aliphatic hydroxyl groups is 4.